The van der Waals surface area contributed by atoms with Crippen LogP contribution in [0.4, 0.5) is 11.6 Å². The van der Waals surface area contributed by atoms with E-state index in [-0.39, 0.29) is 0 Å². The molecule has 0 saturated carbocycles. The SMILES string of the molecule is CSc1nc(N)cc(NCCCNS(C)(=O)=O)n1. The van der Waals surface area contributed by atoms with Crippen LogP contribution in [0.1, 0.15) is 6.42 Å². The van der Waals surface area contributed by atoms with Gasteiger partial charge in [0.15, 0.2) is 5.16 Å². The number of sulfonamides is 1. The minimum atomic E-state index is -3.11. The number of hydrogen-bond acceptors (Lipinski definition) is 7. The van der Waals surface area contributed by atoms with Gasteiger partial charge in [-0.25, -0.2) is 23.1 Å². The highest BCUT2D eigenvalue weighted by Crippen LogP contribution is 2.14. The Kier molecular flexibility index (Phi) is 5.63. The molecule has 1 aromatic rings. The van der Waals surface area contributed by atoms with Gasteiger partial charge in [-0.2, -0.15) is 0 Å². The summed E-state index contributed by atoms with van der Waals surface area (Å²) in [5.74, 6) is 1.05. The zero-order valence-electron chi connectivity index (χ0n) is 10.3. The van der Waals surface area contributed by atoms with Crippen LogP contribution in [0.5, 0.6) is 0 Å². The van der Waals surface area contributed by atoms with Crippen LogP contribution in [0.3, 0.4) is 0 Å². The summed E-state index contributed by atoms with van der Waals surface area (Å²) < 4.78 is 24.1. The van der Waals surface area contributed by atoms with Crippen molar-refractivity contribution in [2.75, 3.05) is 36.7 Å². The summed E-state index contributed by atoms with van der Waals surface area (Å²) in [6.45, 7) is 0.995. The maximum atomic E-state index is 10.8. The van der Waals surface area contributed by atoms with Gasteiger partial charge < -0.3 is 11.1 Å². The minimum absolute atomic E-state index is 0.391. The number of thioether (sulfide) groups is 1. The lowest BCUT2D eigenvalue weighted by Crippen LogP contribution is -2.24. The largest absolute Gasteiger partial charge is 0.383 e. The molecule has 0 amide bonds. The second-order valence-corrected chi connectivity index (χ2v) is 6.22. The fourth-order valence-corrected chi connectivity index (χ4v) is 2.09. The summed E-state index contributed by atoms with van der Waals surface area (Å²) in [6, 6.07) is 1.64. The van der Waals surface area contributed by atoms with E-state index in [1.54, 1.807) is 6.07 Å². The summed E-state index contributed by atoms with van der Waals surface area (Å²) >= 11 is 1.41. The van der Waals surface area contributed by atoms with Crippen LogP contribution in [-0.4, -0.2) is 44.0 Å². The van der Waals surface area contributed by atoms with Crippen LogP contribution < -0.4 is 15.8 Å². The van der Waals surface area contributed by atoms with Crippen LogP contribution in [0.15, 0.2) is 11.2 Å². The summed E-state index contributed by atoms with van der Waals surface area (Å²) in [4.78, 5) is 8.25. The van der Waals surface area contributed by atoms with Crippen LogP contribution >= 0.6 is 11.8 Å². The van der Waals surface area contributed by atoms with E-state index in [1.165, 1.54) is 11.8 Å². The molecule has 18 heavy (non-hydrogen) atoms. The Balaban J connectivity index is 2.37. The van der Waals surface area contributed by atoms with Gasteiger partial charge in [-0.15, -0.1) is 0 Å². The van der Waals surface area contributed by atoms with Gasteiger partial charge in [0, 0.05) is 19.2 Å². The van der Waals surface area contributed by atoms with Crippen molar-refractivity contribution >= 4 is 33.4 Å². The average molecular weight is 291 g/mol. The van der Waals surface area contributed by atoms with Crippen molar-refractivity contribution in [3.8, 4) is 0 Å². The number of hydrogen-bond donors (Lipinski definition) is 3. The number of anilines is 2. The van der Waals surface area contributed by atoms with E-state index < -0.39 is 10.0 Å². The molecule has 9 heteroatoms. The summed E-state index contributed by atoms with van der Waals surface area (Å²) in [5, 5.41) is 3.67. The van der Waals surface area contributed by atoms with Crippen LogP contribution in [-0.2, 0) is 10.0 Å². The van der Waals surface area contributed by atoms with E-state index >= 15 is 0 Å². The molecule has 0 unspecified atom stereocenters. The molecule has 0 aliphatic rings. The maximum Gasteiger partial charge on any atom is 0.208 e. The van der Waals surface area contributed by atoms with E-state index in [4.69, 9.17) is 5.73 Å². The highest BCUT2D eigenvalue weighted by atomic mass is 32.2. The van der Waals surface area contributed by atoms with Crippen molar-refractivity contribution in [1.82, 2.24) is 14.7 Å². The Labute approximate surface area is 111 Å². The van der Waals surface area contributed by atoms with Gasteiger partial charge in [-0.3, -0.25) is 0 Å². The third-order valence-electron chi connectivity index (χ3n) is 1.93. The first-order chi connectivity index (χ1) is 8.40. The molecule has 7 nitrogen and oxygen atoms in total. The highest BCUT2D eigenvalue weighted by molar-refractivity contribution is 7.98. The van der Waals surface area contributed by atoms with Gasteiger partial charge in [0.25, 0.3) is 0 Å². The number of nitrogen functional groups attached to an aromatic ring is 1. The molecule has 0 aliphatic carbocycles. The van der Waals surface area contributed by atoms with Crippen molar-refractivity contribution in [3.63, 3.8) is 0 Å². The van der Waals surface area contributed by atoms with E-state index in [0.717, 1.165) is 6.26 Å². The molecule has 0 fully saturated rings. The maximum absolute atomic E-state index is 10.8. The Bertz CT molecular complexity index is 492. The van der Waals surface area contributed by atoms with Crippen LogP contribution in [0.25, 0.3) is 0 Å². The number of rotatable bonds is 7. The molecule has 1 rings (SSSR count). The van der Waals surface area contributed by atoms with E-state index in [0.29, 0.717) is 36.3 Å². The summed E-state index contributed by atoms with van der Waals surface area (Å²) in [7, 11) is -3.11. The smallest absolute Gasteiger partial charge is 0.208 e. The lowest BCUT2D eigenvalue weighted by atomic mass is 10.4. The third-order valence-corrected chi connectivity index (χ3v) is 3.21. The molecule has 1 heterocycles. The fourth-order valence-electron chi connectivity index (χ4n) is 1.19. The lowest BCUT2D eigenvalue weighted by Gasteiger charge is -2.07. The first kappa shape index (κ1) is 15.0. The van der Waals surface area contributed by atoms with Crippen molar-refractivity contribution < 1.29 is 8.42 Å². The topological polar surface area (TPSA) is 110 Å². The van der Waals surface area contributed by atoms with E-state index in [1.807, 2.05) is 6.26 Å². The molecule has 0 spiro atoms. The number of aromatic nitrogens is 2. The summed E-state index contributed by atoms with van der Waals surface area (Å²) in [5.41, 5.74) is 5.63. The van der Waals surface area contributed by atoms with E-state index in [9.17, 15) is 8.42 Å². The van der Waals surface area contributed by atoms with Crippen molar-refractivity contribution in [2.24, 2.45) is 0 Å². The molecule has 4 N–H and O–H groups in total. The molecule has 0 atom stereocenters. The molecular weight excluding hydrogens is 274 g/mol. The molecule has 1 aromatic heterocycles. The van der Waals surface area contributed by atoms with Crippen molar-refractivity contribution in [1.29, 1.82) is 0 Å². The van der Waals surface area contributed by atoms with Crippen LogP contribution in [0, 0.1) is 0 Å². The Morgan fingerprint density at radius 1 is 1.39 bits per heavy atom. The Hall–Kier alpha value is -1.06. The molecule has 102 valence electrons. The molecule has 0 aliphatic heterocycles. The predicted molar refractivity (Wildman–Crippen MR) is 74.2 cm³/mol. The predicted octanol–water partition coefficient (Wildman–Crippen LogP) is 0.132. The minimum Gasteiger partial charge on any atom is -0.383 e. The molecule has 0 aromatic carbocycles. The zero-order chi connectivity index (χ0) is 13.6. The van der Waals surface area contributed by atoms with Gasteiger partial charge >= 0.3 is 0 Å². The van der Waals surface area contributed by atoms with Gasteiger partial charge in [0.05, 0.1) is 6.26 Å². The molecule has 0 radical (unpaired) electrons. The monoisotopic (exact) mass is 291 g/mol. The van der Waals surface area contributed by atoms with Gasteiger partial charge in [0.2, 0.25) is 10.0 Å². The van der Waals surface area contributed by atoms with Gasteiger partial charge in [-0.1, -0.05) is 11.8 Å². The van der Waals surface area contributed by atoms with E-state index in [2.05, 4.69) is 20.0 Å². The van der Waals surface area contributed by atoms with Crippen molar-refractivity contribution in [2.45, 2.75) is 11.6 Å². The average Bonchev–Trinajstić information content (AvgIpc) is 2.26. The zero-order valence-corrected chi connectivity index (χ0v) is 11.9. The lowest BCUT2D eigenvalue weighted by molar-refractivity contribution is 0.586. The van der Waals surface area contributed by atoms with Gasteiger partial charge in [-0.05, 0) is 12.7 Å². The van der Waals surface area contributed by atoms with Crippen molar-refractivity contribution in [3.05, 3.63) is 6.07 Å². The third kappa shape index (κ3) is 6.03. The number of nitrogens with zero attached hydrogens (tertiary/aromatic N) is 2. The quantitative estimate of drug-likeness (QED) is 0.372. The fraction of sp³-hybridized carbons (Fsp3) is 0.556. The van der Waals surface area contributed by atoms with Gasteiger partial charge in [0.1, 0.15) is 11.6 Å². The molecular formula is C9H17N5O2S2. The molecule has 0 saturated heterocycles. The first-order valence-electron chi connectivity index (χ1n) is 5.28. The normalized spacial score (nSPS) is 11.4. The summed E-state index contributed by atoms with van der Waals surface area (Å²) in [6.07, 6.45) is 3.66. The van der Waals surface area contributed by atoms with Crippen LogP contribution in [0.2, 0.25) is 0 Å². The second kappa shape index (κ2) is 6.76. The number of nitrogens with one attached hydrogen (secondary N) is 2. The number of nitrogens with two attached hydrogens (primary N) is 1. The standard InChI is InChI=1S/C9H17N5O2S2/c1-17-9-13-7(10)6-8(14-9)11-4-3-5-12-18(2,15)16/h6,12H,3-5H2,1-2H3,(H3,10,11,13,14). The Morgan fingerprint density at radius 3 is 2.72 bits per heavy atom. The molecule has 0 bridgehead atoms. The highest BCUT2D eigenvalue weighted by Gasteiger charge is 2.02. The first-order valence-corrected chi connectivity index (χ1v) is 8.39. The second-order valence-electron chi connectivity index (χ2n) is 3.61. The Morgan fingerprint density at radius 2 is 2.11 bits per heavy atom.